The van der Waals surface area contributed by atoms with Crippen LogP contribution in [0.5, 0.6) is 0 Å². The van der Waals surface area contributed by atoms with Crippen molar-refractivity contribution in [1.82, 2.24) is 4.90 Å². The van der Waals surface area contributed by atoms with Crippen LogP contribution in [0.3, 0.4) is 0 Å². The van der Waals surface area contributed by atoms with E-state index in [-0.39, 0.29) is 23.6 Å². The molecule has 0 aliphatic carbocycles. The van der Waals surface area contributed by atoms with E-state index in [2.05, 4.69) is 0 Å². The standard InChI is InChI=1S/C22H29N3O3/c1-15-7-6-8-16(2)25(15)21(26)17(3)28-22(27)19(14-23)13-18-9-11-20(12-10-18)24(4)5/h9-13,15-17H,6-8H2,1-5H3/b19-13+/t15-,16+,17-/m1/s1. The molecule has 28 heavy (non-hydrogen) atoms. The summed E-state index contributed by atoms with van der Waals surface area (Å²) in [5, 5.41) is 9.36. The smallest absolute Gasteiger partial charge is 0.349 e. The van der Waals surface area contributed by atoms with Gasteiger partial charge < -0.3 is 14.5 Å². The topological polar surface area (TPSA) is 73.6 Å². The van der Waals surface area contributed by atoms with Gasteiger partial charge in [-0.2, -0.15) is 5.26 Å². The molecular weight excluding hydrogens is 354 g/mol. The van der Waals surface area contributed by atoms with Crippen LogP contribution in [0.2, 0.25) is 0 Å². The van der Waals surface area contributed by atoms with Crippen LogP contribution < -0.4 is 4.90 Å². The van der Waals surface area contributed by atoms with Crippen molar-refractivity contribution >= 4 is 23.6 Å². The molecule has 0 radical (unpaired) electrons. The Balaban J connectivity index is 2.08. The normalized spacial score (nSPS) is 20.9. The summed E-state index contributed by atoms with van der Waals surface area (Å²) in [4.78, 5) is 29.0. The molecule has 0 bridgehead atoms. The molecule has 0 N–H and O–H groups in total. The lowest BCUT2D eigenvalue weighted by atomic mass is 9.97. The van der Waals surface area contributed by atoms with E-state index >= 15 is 0 Å². The Labute approximate surface area is 167 Å². The van der Waals surface area contributed by atoms with Gasteiger partial charge in [0.2, 0.25) is 0 Å². The predicted molar refractivity (Wildman–Crippen MR) is 110 cm³/mol. The molecule has 1 aliphatic rings. The SMILES string of the molecule is C[C@@H]1CCC[C@H](C)N1C(=O)[C@@H](C)OC(=O)/C(C#N)=C/c1ccc(N(C)C)cc1. The number of likely N-dealkylation sites (tertiary alicyclic amines) is 1. The predicted octanol–water partition coefficient (Wildman–Crippen LogP) is 3.38. The lowest BCUT2D eigenvalue weighted by Crippen LogP contribution is -2.51. The number of anilines is 1. The van der Waals surface area contributed by atoms with Gasteiger partial charge in [-0.15, -0.1) is 0 Å². The molecule has 6 nitrogen and oxygen atoms in total. The number of ether oxygens (including phenoxy) is 1. The lowest BCUT2D eigenvalue weighted by Gasteiger charge is -2.40. The van der Waals surface area contributed by atoms with Gasteiger partial charge in [-0.05, 0) is 63.8 Å². The summed E-state index contributed by atoms with van der Waals surface area (Å²) in [6.07, 6.45) is 3.54. The average Bonchev–Trinajstić information content (AvgIpc) is 2.65. The van der Waals surface area contributed by atoms with Crippen LogP contribution >= 0.6 is 0 Å². The van der Waals surface area contributed by atoms with Crippen molar-refractivity contribution in [3.8, 4) is 6.07 Å². The highest BCUT2D eigenvalue weighted by Crippen LogP contribution is 2.24. The molecule has 1 fully saturated rings. The number of nitrogens with zero attached hydrogens (tertiary/aromatic N) is 3. The minimum Gasteiger partial charge on any atom is -0.448 e. The van der Waals surface area contributed by atoms with Crippen LogP contribution in [-0.2, 0) is 14.3 Å². The number of hydrogen-bond acceptors (Lipinski definition) is 5. The Hall–Kier alpha value is -2.81. The van der Waals surface area contributed by atoms with Crippen LogP contribution in [0.4, 0.5) is 5.69 Å². The number of nitriles is 1. The van der Waals surface area contributed by atoms with E-state index in [4.69, 9.17) is 4.74 Å². The first-order valence-corrected chi connectivity index (χ1v) is 9.67. The molecule has 1 heterocycles. The minimum atomic E-state index is -0.927. The summed E-state index contributed by atoms with van der Waals surface area (Å²) in [7, 11) is 3.87. The van der Waals surface area contributed by atoms with E-state index in [0.717, 1.165) is 30.5 Å². The fraction of sp³-hybridized carbons (Fsp3) is 0.500. The van der Waals surface area contributed by atoms with Crippen molar-refractivity contribution in [2.24, 2.45) is 0 Å². The molecule has 1 aromatic rings. The summed E-state index contributed by atoms with van der Waals surface area (Å²) in [5.74, 6) is -0.988. The van der Waals surface area contributed by atoms with Gasteiger partial charge in [0.25, 0.3) is 5.91 Å². The zero-order valence-corrected chi connectivity index (χ0v) is 17.3. The fourth-order valence-electron chi connectivity index (χ4n) is 3.51. The molecule has 0 saturated carbocycles. The second-order valence-electron chi connectivity index (χ2n) is 7.58. The summed E-state index contributed by atoms with van der Waals surface area (Å²) >= 11 is 0. The Morgan fingerprint density at radius 1 is 1.21 bits per heavy atom. The molecule has 1 aliphatic heterocycles. The summed E-state index contributed by atoms with van der Waals surface area (Å²) in [6.45, 7) is 5.59. The largest absolute Gasteiger partial charge is 0.448 e. The van der Waals surface area contributed by atoms with Crippen LogP contribution in [0.15, 0.2) is 29.8 Å². The third-order valence-electron chi connectivity index (χ3n) is 5.14. The lowest BCUT2D eigenvalue weighted by molar-refractivity contribution is -0.159. The van der Waals surface area contributed by atoms with Crippen molar-refractivity contribution in [1.29, 1.82) is 5.26 Å². The van der Waals surface area contributed by atoms with Gasteiger partial charge in [0.1, 0.15) is 11.6 Å². The number of benzene rings is 1. The highest BCUT2D eigenvalue weighted by atomic mass is 16.5. The molecule has 1 aromatic carbocycles. The summed E-state index contributed by atoms with van der Waals surface area (Å²) in [5.41, 5.74) is 1.61. The maximum Gasteiger partial charge on any atom is 0.349 e. The second kappa shape index (κ2) is 9.41. The Morgan fingerprint density at radius 3 is 2.29 bits per heavy atom. The van der Waals surface area contributed by atoms with Gasteiger partial charge in [0, 0.05) is 31.9 Å². The van der Waals surface area contributed by atoms with E-state index in [1.54, 1.807) is 11.8 Å². The number of piperidine rings is 1. The summed E-state index contributed by atoms with van der Waals surface area (Å²) in [6, 6.07) is 9.58. The third kappa shape index (κ3) is 5.13. The Bertz CT molecular complexity index is 767. The number of hydrogen-bond donors (Lipinski definition) is 0. The zero-order chi connectivity index (χ0) is 20.8. The van der Waals surface area contributed by atoms with E-state index in [9.17, 15) is 14.9 Å². The van der Waals surface area contributed by atoms with Gasteiger partial charge in [-0.3, -0.25) is 4.79 Å². The van der Waals surface area contributed by atoms with E-state index < -0.39 is 12.1 Å². The van der Waals surface area contributed by atoms with Gasteiger partial charge in [0.15, 0.2) is 6.10 Å². The molecular formula is C22H29N3O3. The maximum atomic E-state index is 12.8. The molecule has 0 unspecified atom stereocenters. The van der Waals surface area contributed by atoms with Crippen molar-refractivity contribution in [3.63, 3.8) is 0 Å². The molecule has 0 aromatic heterocycles. The molecule has 0 spiro atoms. The highest BCUT2D eigenvalue weighted by molar-refractivity contribution is 5.99. The van der Waals surface area contributed by atoms with E-state index in [1.807, 2.05) is 63.2 Å². The fourth-order valence-corrected chi connectivity index (χ4v) is 3.51. The van der Waals surface area contributed by atoms with Crippen molar-refractivity contribution in [3.05, 3.63) is 35.4 Å². The summed E-state index contributed by atoms with van der Waals surface area (Å²) < 4.78 is 5.32. The molecule has 3 atom stereocenters. The van der Waals surface area contributed by atoms with Crippen LogP contribution in [0, 0.1) is 11.3 Å². The maximum absolute atomic E-state index is 12.8. The molecule has 2 rings (SSSR count). The number of rotatable bonds is 5. The quantitative estimate of drug-likeness (QED) is 0.443. The highest BCUT2D eigenvalue weighted by Gasteiger charge is 2.33. The van der Waals surface area contributed by atoms with Gasteiger partial charge in [0.05, 0.1) is 0 Å². The van der Waals surface area contributed by atoms with Crippen molar-refractivity contribution < 1.29 is 14.3 Å². The average molecular weight is 383 g/mol. The van der Waals surface area contributed by atoms with E-state index in [1.165, 1.54) is 6.08 Å². The molecule has 6 heteroatoms. The minimum absolute atomic E-state index is 0.124. The van der Waals surface area contributed by atoms with Gasteiger partial charge in [-0.1, -0.05) is 12.1 Å². The third-order valence-corrected chi connectivity index (χ3v) is 5.14. The van der Waals surface area contributed by atoms with Gasteiger partial charge in [-0.25, -0.2) is 4.79 Å². The number of esters is 1. The number of carbonyl (C=O) groups is 2. The van der Waals surface area contributed by atoms with Crippen LogP contribution in [0.1, 0.15) is 45.6 Å². The number of carbonyl (C=O) groups excluding carboxylic acids is 2. The molecule has 1 amide bonds. The van der Waals surface area contributed by atoms with Crippen molar-refractivity contribution in [2.45, 2.75) is 58.2 Å². The Morgan fingerprint density at radius 2 is 1.79 bits per heavy atom. The van der Waals surface area contributed by atoms with Gasteiger partial charge >= 0.3 is 5.97 Å². The first kappa shape index (κ1) is 21.5. The van der Waals surface area contributed by atoms with E-state index in [0.29, 0.717) is 0 Å². The number of amides is 1. The molecule has 150 valence electrons. The zero-order valence-electron chi connectivity index (χ0n) is 17.3. The Kier molecular flexibility index (Phi) is 7.22. The monoisotopic (exact) mass is 383 g/mol. The first-order valence-electron chi connectivity index (χ1n) is 9.67. The molecule has 1 saturated heterocycles. The second-order valence-corrected chi connectivity index (χ2v) is 7.58. The first-order chi connectivity index (χ1) is 13.2. The van der Waals surface area contributed by atoms with Crippen LogP contribution in [0.25, 0.3) is 6.08 Å². The van der Waals surface area contributed by atoms with Crippen LogP contribution in [-0.4, -0.2) is 49.1 Å². The van der Waals surface area contributed by atoms with Crippen molar-refractivity contribution in [2.75, 3.05) is 19.0 Å².